The Morgan fingerprint density at radius 1 is 1.70 bits per heavy atom. The van der Waals surface area contributed by atoms with Gasteiger partial charge >= 0.3 is 0 Å². The Hall–Kier alpha value is -0.500. The van der Waals surface area contributed by atoms with Gasteiger partial charge in [0.15, 0.2) is 0 Å². The fourth-order valence-electron chi connectivity index (χ4n) is 1.06. The van der Waals surface area contributed by atoms with Crippen molar-refractivity contribution in [2.24, 2.45) is 0 Å². The highest BCUT2D eigenvalue weighted by Crippen LogP contribution is 2.36. The van der Waals surface area contributed by atoms with Crippen molar-refractivity contribution in [1.82, 2.24) is 9.78 Å². The van der Waals surface area contributed by atoms with E-state index in [4.69, 9.17) is 11.6 Å². The lowest BCUT2D eigenvalue weighted by molar-refractivity contribution is 0.636. The van der Waals surface area contributed by atoms with E-state index >= 15 is 0 Å². The molecule has 2 nitrogen and oxygen atoms in total. The quantitative estimate of drug-likeness (QED) is 0.610. The van der Waals surface area contributed by atoms with Gasteiger partial charge in [-0.1, -0.05) is 11.6 Å². The Labute approximate surface area is 64.8 Å². The summed E-state index contributed by atoms with van der Waals surface area (Å²) in [6.45, 7) is 1.96. The molecule has 0 spiro atoms. The van der Waals surface area contributed by atoms with Crippen molar-refractivity contribution < 1.29 is 0 Å². The van der Waals surface area contributed by atoms with Crippen LogP contribution in [-0.2, 0) is 0 Å². The first kappa shape index (κ1) is 6.23. The highest BCUT2D eigenvalue weighted by molar-refractivity contribution is 6.29. The van der Waals surface area contributed by atoms with E-state index in [0.29, 0.717) is 6.04 Å². The number of aryl methyl sites for hydroxylation is 1. The zero-order valence-electron chi connectivity index (χ0n) is 5.84. The van der Waals surface area contributed by atoms with Crippen molar-refractivity contribution in [1.29, 1.82) is 0 Å². The van der Waals surface area contributed by atoms with Crippen LogP contribution in [0.5, 0.6) is 0 Å². The van der Waals surface area contributed by atoms with Gasteiger partial charge in [-0.3, -0.25) is 4.68 Å². The average molecular weight is 157 g/mol. The standard InChI is InChI=1S/C7H9ClN2/c1-5-4-7(8)10(9-5)6-2-3-6/h4,6H,2-3H2,1H3. The molecule has 1 aromatic heterocycles. The van der Waals surface area contributed by atoms with Crippen LogP contribution in [0.25, 0.3) is 0 Å². The summed E-state index contributed by atoms with van der Waals surface area (Å²) in [4.78, 5) is 0. The fourth-order valence-corrected chi connectivity index (χ4v) is 1.39. The van der Waals surface area contributed by atoms with Crippen LogP contribution in [0.4, 0.5) is 0 Å². The molecule has 0 unspecified atom stereocenters. The van der Waals surface area contributed by atoms with Crippen LogP contribution in [-0.4, -0.2) is 9.78 Å². The van der Waals surface area contributed by atoms with Gasteiger partial charge in [0.25, 0.3) is 0 Å². The van der Waals surface area contributed by atoms with Crippen LogP contribution in [0.3, 0.4) is 0 Å². The molecule has 1 aliphatic rings. The molecular formula is C7H9ClN2. The Kier molecular flexibility index (Phi) is 1.24. The van der Waals surface area contributed by atoms with Gasteiger partial charge in [-0.25, -0.2) is 0 Å². The van der Waals surface area contributed by atoms with E-state index < -0.39 is 0 Å². The zero-order valence-corrected chi connectivity index (χ0v) is 6.60. The van der Waals surface area contributed by atoms with E-state index in [1.54, 1.807) is 0 Å². The van der Waals surface area contributed by atoms with Crippen molar-refractivity contribution in [2.75, 3.05) is 0 Å². The van der Waals surface area contributed by atoms with Crippen LogP contribution in [0.2, 0.25) is 5.15 Å². The SMILES string of the molecule is Cc1cc(Cl)n(C2CC2)n1. The zero-order chi connectivity index (χ0) is 7.14. The molecule has 1 aliphatic carbocycles. The highest BCUT2D eigenvalue weighted by atomic mass is 35.5. The lowest BCUT2D eigenvalue weighted by atomic mass is 10.5. The summed E-state index contributed by atoms with van der Waals surface area (Å²) < 4.78 is 1.91. The second kappa shape index (κ2) is 1.99. The summed E-state index contributed by atoms with van der Waals surface area (Å²) >= 11 is 5.88. The molecule has 0 atom stereocenters. The first-order chi connectivity index (χ1) is 4.77. The average Bonchev–Trinajstić information content (AvgIpc) is 2.61. The third kappa shape index (κ3) is 0.926. The number of halogens is 1. The molecule has 0 N–H and O–H groups in total. The number of nitrogens with zero attached hydrogens (tertiary/aromatic N) is 2. The van der Waals surface area contributed by atoms with Crippen LogP contribution in [0.15, 0.2) is 6.07 Å². The predicted molar refractivity (Wildman–Crippen MR) is 40.2 cm³/mol. The minimum atomic E-state index is 0.598. The van der Waals surface area contributed by atoms with Gasteiger partial charge in [0.05, 0.1) is 11.7 Å². The molecule has 1 fully saturated rings. The summed E-state index contributed by atoms with van der Waals surface area (Å²) in [5.41, 5.74) is 1.01. The van der Waals surface area contributed by atoms with Crippen LogP contribution < -0.4 is 0 Å². The largest absolute Gasteiger partial charge is 0.251 e. The number of hydrogen-bond acceptors (Lipinski definition) is 1. The molecular weight excluding hydrogens is 148 g/mol. The molecule has 1 aromatic rings. The van der Waals surface area contributed by atoms with E-state index in [1.165, 1.54) is 12.8 Å². The van der Waals surface area contributed by atoms with Crippen LogP contribution in [0.1, 0.15) is 24.6 Å². The van der Waals surface area contributed by atoms with Gasteiger partial charge < -0.3 is 0 Å². The Morgan fingerprint density at radius 3 is 2.80 bits per heavy atom. The Bertz CT molecular complexity index is 250. The fraction of sp³-hybridized carbons (Fsp3) is 0.571. The smallest absolute Gasteiger partial charge is 0.127 e. The normalized spacial score (nSPS) is 17.8. The molecule has 3 heteroatoms. The highest BCUT2D eigenvalue weighted by Gasteiger charge is 2.26. The first-order valence-corrected chi connectivity index (χ1v) is 3.87. The third-order valence-electron chi connectivity index (χ3n) is 1.71. The van der Waals surface area contributed by atoms with E-state index in [2.05, 4.69) is 5.10 Å². The molecule has 54 valence electrons. The molecule has 10 heavy (non-hydrogen) atoms. The van der Waals surface area contributed by atoms with Crippen molar-refractivity contribution in [3.63, 3.8) is 0 Å². The molecule has 0 radical (unpaired) electrons. The van der Waals surface area contributed by atoms with E-state index in [0.717, 1.165) is 10.8 Å². The Morgan fingerprint density at radius 2 is 2.40 bits per heavy atom. The Balaban J connectivity index is 2.38. The lowest BCUT2D eigenvalue weighted by Gasteiger charge is -1.96. The van der Waals surface area contributed by atoms with E-state index in [-0.39, 0.29) is 0 Å². The monoisotopic (exact) mass is 156 g/mol. The van der Waals surface area contributed by atoms with Gasteiger partial charge in [0.1, 0.15) is 5.15 Å². The number of hydrogen-bond donors (Lipinski definition) is 0. The molecule has 0 bridgehead atoms. The summed E-state index contributed by atoms with van der Waals surface area (Å²) in [7, 11) is 0. The van der Waals surface area contributed by atoms with Crippen molar-refractivity contribution in [3.05, 3.63) is 16.9 Å². The van der Waals surface area contributed by atoms with Gasteiger partial charge in [0, 0.05) is 0 Å². The summed E-state index contributed by atoms with van der Waals surface area (Å²) in [6.07, 6.45) is 2.47. The van der Waals surface area contributed by atoms with Gasteiger partial charge in [-0.15, -0.1) is 0 Å². The van der Waals surface area contributed by atoms with E-state index in [1.807, 2.05) is 17.7 Å². The molecule has 0 amide bonds. The van der Waals surface area contributed by atoms with E-state index in [9.17, 15) is 0 Å². The van der Waals surface area contributed by atoms with Gasteiger partial charge in [-0.05, 0) is 25.8 Å². The van der Waals surface area contributed by atoms with Crippen LogP contribution >= 0.6 is 11.6 Å². The molecule has 0 aromatic carbocycles. The molecule has 2 rings (SSSR count). The number of aromatic nitrogens is 2. The molecule has 1 heterocycles. The molecule has 0 saturated heterocycles. The maximum Gasteiger partial charge on any atom is 0.127 e. The van der Waals surface area contributed by atoms with Gasteiger partial charge in [-0.2, -0.15) is 5.10 Å². The number of rotatable bonds is 1. The first-order valence-electron chi connectivity index (χ1n) is 3.49. The topological polar surface area (TPSA) is 17.8 Å². The second-order valence-corrected chi connectivity index (χ2v) is 3.17. The molecule has 1 saturated carbocycles. The van der Waals surface area contributed by atoms with Crippen molar-refractivity contribution in [2.45, 2.75) is 25.8 Å². The predicted octanol–water partition coefficient (Wildman–Crippen LogP) is 2.18. The second-order valence-electron chi connectivity index (χ2n) is 2.78. The van der Waals surface area contributed by atoms with Crippen molar-refractivity contribution in [3.8, 4) is 0 Å². The minimum Gasteiger partial charge on any atom is -0.251 e. The molecule has 0 aliphatic heterocycles. The van der Waals surface area contributed by atoms with Crippen molar-refractivity contribution >= 4 is 11.6 Å². The summed E-state index contributed by atoms with van der Waals surface area (Å²) in [5.74, 6) is 0. The maximum atomic E-state index is 5.88. The lowest BCUT2D eigenvalue weighted by Crippen LogP contribution is -1.95. The minimum absolute atomic E-state index is 0.598. The van der Waals surface area contributed by atoms with Gasteiger partial charge in [0.2, 0.25) is 0 Å². The third-order valence-corrected chi connectivity index (χ3v) is 1.99. The summed E-state index contributed by atoms with van der Waals surface area (Å²) in [5, 5.41) is 5.03. The maximum absolute atomic E-state index is 5.88. The van der Waals surface area contributed by atoms with Crippen LogP contribution in [0, 0.1) is 6.92 Å². The summed E-state index contributed by atoms with van der Waals surface area (Å²) in [6, 6.07) is 2.50.